The van der Waals surface area contributed by atoms with E-state index in [1.807, 2.05) is 0 Å². The molecule has 1 N–H and O–H groups in total. The molecule has 0 bridgehead atoms. The Morgan fingerprint density at radius 2 is 1.81 bits per heavy atom. The smallest absolute Gasteiger partial charge is 0.408 e. The quantitative estimate of drug-likeness (QED) is 0.458. The van der Waals surface area contributed by atoms with Crippen LogP contribution in [-0.2, 0) is 19.0 Å². The molecule has 1 heterocycles. The van der Waals surface area contributed by atoms with E-state index in [4.69, 9.17) is 28.4 Å². The van der Waals surface area contributed by atoms with E-state index in [2.05, 4.69) is 21.2 Å². The molecule has 0 aliphatic carbocycles. The molecule has 0 fully saturated rings. The Morgan fingerprint density at radius 3 is 2.41 bits per heavy atom. The van der Waals surface area contributed by atoms with Crippen LogP contribution in [0.5, 0.6) is 17.2 Å². The number of halogens is 1. The van der Waals surface area contributed by atoms with Crippen LogP contribution in [0.2, 0.25) is 0 Å². The normalized spacial score (nSPS) is 17.6. The van der Waals surface area contributed by atoms with Gasteiger partial charge >= 0.3 is 12.1 Å². The minimum Gasteiger partial charge on any atom is -0.497 e. The number of esters is 1. The number of nitrogens with one attached hydrogen (secondary N) is 1. The van der Waals surface area contributed by atoms with Gasteiger partial charge in [0.15, 0.2) is 12.1 Å². The fourth-order valence-corrected chi connectivity index (χ4v) is 4.13. The van der Waals surface area contributed by atoms with Crippen LogP contribution in [0.3, 0.4) is 0 Å². The zero-order chi connectivity index (χ0) is 27.3. The van der Waals surface area contributed by atoms with E-state index in [0.717, 1.165) is 0 Å². The molecule has 2 aromatic carbocycles. The summed E-state index contributed by atoms with van der Waals surface area (Å²) in [6.07, 6.45) is -3.37. The summed E-state index contributed by atoms with van der Waals surface area (Å²) in [6, 6.07) is 8.76. The Hall–Kier alpha value is -3.31. The molecule has 1 aliphatic heterocycles. The first-order valence-corrected chi connectivity index (χ1v) is 12.2. The minimum atomic E-state index is -1.37. The summed E-state index contributed by atoms with van der Waals surface area (Å²) in [4.78, 5) is 38.7. The van der Waals surface area contributed by atoms with Gasteiger partial charge in [-0.3, -0.25) is 4.79 Å². The van der Waals surface area contributed by atoms with Crippen LogP contribution in [0.4, 0.5) is 4.79 Å². The molecule has 1 aliphatic rings. The van der Waals surface area contributed by atoms with Gasteiger partial charge in [-0.25, -0.2) is 9.59 Å². The third kappa shape index (κ3) is 6.92. The van der Waals surface area contributed by atoms with Gasteiger partial charge in [0, 0.05) is 0 Å². The van der Waals surface area contributed by atoms with Gasteiger partial charge in [-0.1, -0.05) is 6.07 Å². The number of carbonyl (C=O) groups is 3. The number of ether oxygens (including phenoxy) is 6. The molecule has 0 aromatic heterocycles. The van der Waals surface area contributed by atoms with Crippen LogP contribution >= 0.6 is 15.9 Å². The van der Waals surface area contributed by atoms with Crippen LogP contribution < -0.4 is 19.5 Å². The molecular weight excluding hydrogens is 550 g/mol. The van der Waals surface area contributed by atoms with Crippen LogP contribution in [0.15, 0.2) is 40.9 Å². The summed E-state index contributed by atoms with van der Waals surface area (Å²) in [6.45, 7) is 5.26. The van der Waals surface area contributed by atoms with Gasteiger partial charge in [-0.05, 0) is 72.6 Å². The molecule has 2 aromatic rings. The largest absolute Gasteiger partial charge is 0.497 e. The van der Waals surface area contributed by atoms with Crippen molar-refractivity contribution in [2.75, 3.05) is 27.9 Å². The zero-order valence-electron chi connectivity index (χ0n) is 21.5. The summed E-state index contributed by atoms with van der Waals surface area (Å²) in [5.74, 6) is 0.112. The van der Waals surface area contributed by atoms with Crippen molar-refractivity contribution in [3.8, 4) is 17.2 Å². The summed E-state index contributed by atoms with van der Waals surface area (Å²) in [5.41, 5.74) is 0.183. The second-order valence-corrected chi connectivity index (χ2v) is 9.98. The third-order valence-electron chi connectivity index (χ3n) is 5.44. The second kappa shape index (κ2) is 11.8. The van der Waals surface area contributed by atoms with E-state index < -0.39 is 41.7 Å². The first-order chi connectivity index (χ1) is 17.5. The SMILES string of the molecule is COC(=O)[C@H](COC(C)(C)C)NC(=O)O[C@H]1C(=O)c2cc(OC)ccc2O[C@@H]1c1ccc(OC)c(Br)c1. The van der Waals surface area contributed by atoms with E-state index in [9.17, 15) is 14.4 Å². The molecule has 1 amide bonds. The Bertz CT molecular complexity index is 1160. The Kier molecular flexibility index (Phi) is 9.03. The molecule has 0 saturated carbocycles. The van der Waals surface area contributed by atoms with Crippen molar-refractivity contribution < 1.29 is 42.8 Å². The standard InChI is InChI=1S/C26H30BrNO9/c1-26(2,3)35-13-18(24(30)34-6)28-25(31)37-23-21(29)16-12-15(32-4)8-10-19(16)36-22(23)14-7-9-20(33-5)17(27)11-14/h7-12,18,22-23H,13H2,1-6H3,(H,28,31)/t18-,22+,23-/m0/s1. The number of carbonyl (C=O) groups excluding carboxylic acids is 3. The predicted octanol–water partition coefficient (Wildman–Crippen LogP) is 4.23. The molecule has 37 heavy (non-hydrogen) atoms. The van der Waals surface area contributed by atoms with E-state index in [1.165, 1.54) is 27.4 Å². The number of amides is 1. The topological polar surface area (TPSA) is 119 Å². The van der Waals surface area contributed by atoms with Crippen molar-refractivity contribution in [1.82, 2.24) is 5.32 Å². The minimum absolute atomic E-state index is 0.157. The number of alkyl carbamates (subject to hydrolysis) is 1. The zero-order valence-corrected chi connectivity index (χ0v) is 23.0. The molecule has 0 spiro atoms. The summed E-state index contributed by atoms with van der Waals surface area (Å²) in [7, 11) is 4.20. The van der Waals surface area contributed by atoms with Gasteiger partial charge in [0.25, 0.3) is 0 Å². The number of Topliss-reactive ketones (excluding diaryl/α,β-unsaturated/α-hetero) is 1. The monoisotopic (exact) mass is 579 g/mol. The molecule has 3 rings (SSSR count). The van der Waals surface area contributed by atoms with Gasteiger partial charge < -0.3 is 33.7 Å². The molecule has 0 radical (unpaired) electrons. The van der Waals surface area contributed by atoms with Gasteiger partial charge in [0.1, 0.15) is 17.2 Å². The highest BCUT2D eigenvalue weighted by molar-refractivity contribution is 9.10. The van der Waals surface area contributed by atoms with Crippen molar-refractivity contribution in [2.45, 2.75) is 44.6 Å². The predicted molar refractivity (Wildman–Crippen MR) is 136 cm³/mol. The lowest BCUT2D eigenvalue weighted by atomic mass is 9.93. The lowest BCUT2D eigenvalue weighted by molar-refractivity contribution is -0.146. The maximum atomic E-state index is 13.6. The number of benzene rings is 2. The first kappa shape index (κ1) is 28.3. The van der Waals surface area contributed by atoms with Gasteiger partial charge in [0.2, 0.25) is 11.9 Å². The van der Waals surface area contributed by atoms with Crippen molar-refractivity contribution in [3.05, 3.63) is 52.0 Å². The van der Waals surface area contributed by atoms with E-state index in [1.54, 1.807) is 51.1 Å². The van der Waals surface area contributed by atoms with Gasteiger partial charge in [-0.15, -0.1) is 0 Å². The highest BCUT2D eigenvalue weighted by atomic mass is 79.9. The van der Waals surface area contributed by atoms with Crippen LogP contribution in [0, 0.1) is 0 Å². The van der Waals surface area contributed by atoms with Crippen molar-refractivity contribution in [1.29, 1.82) is 0 Å². The average Bonchev–Trinajstić information content (AvgIpc) is 2.86. The Morgan fingerprint density at radius 1 is 1.08 bits per heavy atom. The van der Waals surface area contributed by atoms with E-state index in [-0.39, 0.29) is 12.2 Å². The number of hydrogen-bond acceptors (Lipinski definition) is 9. The summed E-state index contributed by atoms with van der Waals surface area (Å²) in [5, 5.41) is 2.43. The molecule has 0 saturated heterocycles. The fourth-order valence-electron chi connectivity index (χ4n) is 3.57. The second-order valence-electron chi connectivity index (χ2n) is 9.13. The maximum absolute atomic E-state index is 13.6. The number of ketones is 1. The van der Waals surface area contributed by atoms with Gasteiger partial charge in [-0.2, -0.15) is 0 Å². The number of methoxy groups -OCH3 is 3. The maximum Gasteiger partial charge on any atom is 0.408 e. The molecule has 11 heteroatoms. The summed E-state index contributed by atoms with van der Waals surface area (Å²) < 4.78 is 33.3. The molecule has 0 unspecified atom stereocenters. The van der Waals surface area contributed by atoms with Crippen molar-refractivity contribution in [3.63, 3.8) is 0 Å². The molecule has 10 nitrogen and oxygen atoms in total. The lowest BCUT2D eigenvalue weighted by Gasteiger charge is -2.33. The Labute approximate surface area is 223 Å². The van der Waals surface area contributed by atoms with E-state index in [0.29, 0.717) is 27.3 Å². The van der Waals surface area contributed by atoms with Crippen LogP contribution in [0.25, 0.3) is 0 Å². The molecule has 3 atom stereocenters. The molecule has 200 valence electrons. The van der Waals surface area contributed by atoms with Crippen molar-refractivity contribution >= 4 is 33.8 Å². The van der Waals surface area contributed by atoms with Crippen LogP contribution in [-0.4, -0.2) is 63.5 Å². The van der Waals surface area contributed by atoms with E-state index >= 15 is 0 Å². The molecular formula is C26H30BrNO9. The number of fused-ring (bicyclic) bond motifs is 1. The lowest BCUT2D eigenvalue weighted by Crippen LogP contribution is -2.49. The summed E-state index contributed by atoms with van der Waals surface area (Å²) >= 11 is 3.43. The highest BCUT2D eigenvalue weighted by Crippen LogP contribution is 2.40. The first-order valence-electron chi connectivity index (χ1n) is 11.4. The van der Waals surface area contributed by atoms with Gasteiger partial charge in [0.05, 0.1) is 43.6 Å². The highest BCUT2D eigenvalue weighted by Gasteiger charge is 2.42. The average molecular weight is 580 g/mol. The Balaban J connectivity index is 1.92. The number of rotatable bonds is 8. The third-order valence-corrected chi connectivity index (χ3v) is 6.06. The fraction of sp³-hybridized carbons (Fsp3) is 0.423. The van der Waals surface area contributed by atoms with Crippen LogP contribution in [0.1, 0.15) is 42.8 Å². The number of hydrogen-bond donors (Lipinski definition) is 1. The van der Waals surface area contributed by atoms with Crippen molar-refractivity contribution in [2.24, 2.45) is 0 Å².